The van der Waals surface area contributed by atoms with Crippen molar-refractivity contribution in [1.29, 1.82) is 0 Å². The van der Waals surface area contributed by atoms with Gasteiger partial charge in [-0.1, -0.05) is 44.9 Å². The summed E-state index contributed by atoms with van der Waals surface area (Å²) >= 11 is 1.28. The summed E-state index contributed by atoms with van der Waals surface area (Å²) in [5.41, 5.74) is 5.03. The molecular weight excluding hydrogens is 304 g/mol. The summed E-state index contributed by atoms with van der Waals surface area (Å²) in [5, 5.41) is 14.2. The average Bonchev–Trinajstić information content (AvgIpc) is 2.92. The highest BCUT2D eigenvalue weighted by Crippen LogP contribution is 2.33. The summed E-state index contributed by atoms with van der Waals surface area (Å²) in [6, 6.07) is -0.554. The zero-order valence-corrected chi connectivity index (χ0v) is 13.7. The van der Waals surface area contributed by atoms with Crippen LogP contribution < -0.4 is 11.1 Å². The summed E-state index contributed by atoms with van der Waals surface area (Å²) in [6.45, 7) is 3.82. The second kappa shape index (κ2) is 7.57. The van der Waals surface area contributed by atoms with Crippen molar-refractivity contribution in [2.75, 3.05) is 0 Å². The molecule has 1 saturated carbocycles. The van der Waals surface area contributed by atoms with Gasteiger partial charge in [-0.15, -0.1) is 5.10 Å². The first-order chi connectivity index (χ1) is 10.5. The van der Waals surface area contributed by atoms with E-state index in [9.17, 15) is 9.59 Å². The van der Waals surface area contributed by atoms with Crippen molar-refractivity contribution >= 4 is 23.7 Å². The SMILES string of the molecule is CC(C)[C@@H](Sc1nnnn1C1CCCCC1)C(=O)NC(N)=O. The molecule has 1 heterocycles. The Balaban J connectivity index is 2.11. The molecule has 1 aliphatic carbocycles. The van der Waals surface area contributed by atoms with Crippen molar-refractivity contribution in [3.63, 3.8) is 0 Å². The molecule has 9 heteroatoms. The number of hydrogen-bond acceptors (Lipinski definition) is 6. The molecule has 0 radical (unpaired) electrons. The molecular formula is C13H22N6O2S. The number of carbonyl (C=O) groups is 2. The monoisotopic (exact) mass is 326 g/mol. The van der Waals surface area contributed by atoms with Crippen LogP contribution in [0.25, 0.3) is 0 Å². The standard InChI is InChI=1S/C13H22N6O2S/c1-8(2)10(11(20)15-12(14)21)22-13-16-17-18-19(13)9-6-4-3-5-7-9/h8-10H,3-7H2,1-2H3,(H3,14,15,20,21)/t10-/m1/s1. The molecule has 0 saturated heterocycles. The third kappa shape index (κ3) is 4.19. The Morgan fingerprint density at radius 3 is 2.59 bits per heavy atom. The van der Waals surface area contributed by atoms with E-state index in [1.54, 1.807) is 0 Å². The predicted molar refractivity (Wildman–Crippen MR) is 82.1 cm³/mol. The van der Waals surface area contributed by atoms with Gasteiger partial charge in [-0.25, -0.2) is 9.48 Å². The number of amides is 3. The van der Waals surface area contributed by atoms with Crippen LogP contribution in [0.1, 0.15) is 52.0 Å². The van der Waals surface area contributed by atoms with E-state index in [1.807, 2.05) is 18.5 Å². The average molecular weight is 326 g/mol. The molecule has 1 aromatic heterocycles. The number of thioether (sulfide) groups is 1. The van der Waals surface area contributed by atoms with E-state index in [2.05, 4.69) is 20.8 Å². The normalized spacial score (nSPS) is 17.4. The van der Waals surface area contributed by atoms with Gasteiger partial charge in [0.25, 0.3) is 0 Å². The van der Waals surface area contributed by atoms with Gasteiger partial charge in [0, 0.05) is 0 Å². The first-order valence-electron chi connectivity index (χ1n) is 7.54. The molecule has 1 fully saturated rings. The molecule has 8 nitrogen and oxygen atoms in total. The molecule has 0 aromatic carbocycles. The number of nitrogens with zero attached hydrogens (tertiary/aromatic N) is 4. The minimum absolute atomic E-state index is 0.0147. The summed E-state index contributed by atoms with van der Waals surface area (Å²) in [5.74, 6) is -0.397. The Bertz CT molecular complexity index is 526. The quantitative estimate of drug-likeness (QED) is 0.792. The summed E-state index contributed by atoms with van der Waals surface area (Å²) in [6.07, 6.45) is 5.70. The van der Waals surface area contributed by atoms with Crippen LogP contribution in [0.4, 0.5) is 4.79 Å². The zero-order valence-electron chi connectivity index (χ0n) is 12.9. The van der Waals surface area contributed by atoms with Crippen LogP contribution in [-0.2, 0) is 4.79 Å². The Hall–Kier alpha value is -1.64. The second-order valence-electron chi connectivity index (χ2n) is 5.83. The Labute approximate surface area is 133 Å². The van der Waals surface area contributed by atoms with Gasteiger partial charge in [0.15, 0.2) is 0 Å². The van der Waals surface area contributed by atoms with Gasteiger partial charge in [-0.3, -0.25) is 10.1 Å². The van der Waals surface area contributed by atoms with Crippen molar-refractivity contribution in [2.24, 2.45) is 11.7 Å². The minimum Gasteiger partial charge on any atom is -0.351 e. The summed E-state index contributed by atoms with van der Waals surface area (Å²) in [7, 11) is 0. The lowest BCUT2D eigenvalue weighted by Crippen LogP contribution is -2.42. The largest absolute Gasteiger partial charge is 0.351 e. The highest BCUT2D eigenvalue weighted by molar-refractivity contribution is 8.00. The van der Waals surface area contributed by atoms with Crippen molar-refractivity contribution in [3.8, 4) is 0 Å². The van der Waals surface area contributed by atoms with Gasteiger partial charge in [-0.2, -0.15) is 0 Å². The van der Waals surface area contributed by atoms with E-state index >= 15 is 0 Å². The van der Waals surface area contributed by atoms with E-state index in [1.165, 1.54) is 31.0 Å². The van der Waals surface area contributed by atoms with E-state index in [0.717, 1.165) is 12.8 Å². The van der Waals surface area contributed by atoms with Crippen LogP contribution in [0.2, 0.25) is 0 Å². The van der Waals surface area contributed by atoms with E-state index in [-0.39, 0.29) is 5.92 Å². The third-order valence-corrected chi connectivity index (χ3v) is 5.22. The number of urea groups is 1. The van der Waals surface area contributed by atoms with Gasteiger partial charge in [-0.05, 0) is 29.2 Å². The molecule has 0 aliphatic heterocycles. The fraction of sp³-hybridized carbons (Fsp3) is 0.769. The van der Waals surface area contributed by atoms with Crippen molar-refractivity contribution < 1.29 is 9.59 Å². The number of rotatable bonds is 5. The van der Waals surface area contributed by atoms with E-state index < -0.39 is 17.2 Å². The van der Waals surface area contributed by atoms with Crippen LogP contribution in [0.3, 0.4) is 0 Å². The Kier molecular flexibility index (Phi) is 5.76. The third-order valence-electron chi connectivity index (χ3n) is 3.73. The topological polar surface area (TPSA) is 116 Å². The van der Waals surface area contributed by atoms with Crippen LogP contribution in [0, 0.1) is 5.92 Å². The number of aromatic nitrogens is 4. The lowest BCUT2D eigenvalue weighted by Gasteiger charge is -2.23. The van der Waals surface area contributed by atoms with Crippen LogP contribution in [0.15, 0.2) is 5.16 Å². The number of hydrogen-bond donors (Lipinski definition) is 2. The molecule has 22 heavy (non-hydrogen) atoms. The van der Waals surface area contributed by atoms with Crippen molar-refractivity contribution in [1.82, 2.24) is 25.5 Å². The highest BCUT2D eigenvalue weighted by Gasteiger charge is 2.29. The molecule has 0 spiro atoms. The predicted octanol–water partition coefficient (Wildman–Crippen LogP) is 1.49. The van der Waals surface area contributed by atoms with Gasteiger partial charge >= 0.3 is 6.03 Å². The van der Waals surface area contributed by atoms with E-state index in [0.29, 0.717) is 11.2 Å². The molecule has 0 bridgehead atoms. The highest BCUT2D eigenvalue weighted by atomic mass is 32.2. The summed E-state index contributed by atoms with van der Waals surface area (Å²) < 4.78 is 1.82. The maximum atomic E-state index is 12.1. The summed E-state index contributed by atoms with van der Waals surface area (Å²) in [4.78, 5) is 23.0. The number of carbonyl (C=O) groups excluding carboxylic acids is 2. The maximum Gasteiger partial charge on any atom is 0.318 e. The fourth-order valence-electron chi connectivity index (χ4n) is 2.62. The molecule has 0 unspecified atom stereocenters. The molecule has 1 aromatic rings. The van der Waals surface area contributed by atoms with Gasteiger partial charge in [0.05, 0.1) is 11.3 Å². The fourth-order valence-corrected chi connectivity index (χ4v) is 3.66. The van der Waals surface area contributed by atoms with Crippen LogP contribution >= 0.6 is 11.8 Å². The molecule has 1 aliphatic rings. The molecule has 1 atom stereocenters. The number of tetrazole rings is 1. The van der Waals surface area contributed by atoms with E-state index in [4.69, 9.17) is 5.73 Å². The number of nitrogens with one attached hydrogen (secondary N) is 1. The molecule has 2 rings (SSSR count). The lowest BCUT2D eigenvalue weighted by molar-refractivity contribution is -0.120. The van der Waals surface area contributed by atoms with Gasteiger partial charge in [0.1, 0.15) is 0 Å². The first-order valence-corrected chi connectivity index (χ1v) is 8.42. The smallest absolute Gasteiger partial charge is 0.318 e. The van der Waals surface area contributed by atoms with Crippen molar-refractivity contribution in [2.45, 2.75) is 62.4 Å². The Morgan fingerprint density at radius 1 is 1.32 bits per heavy atom. The molecule has 3 N–H and O–H groups in total. The van der Waals surface area contributed by atoms with Crippen molar-refractivity contribution in [3.05, 3.63) is 0 Å². The number of nitrogens with two attached hydrogens (primary N) is 1. The van der Waals surface area contributed by atoms with Crippen LogP contribution in [-0.4, -0.2) is 37.4 Å². The van der Waals surface area contributed by atoms with Gasteiger partial charge < -0.3 is 5.73 Å². The minimum atomic E-state index is -0.844. The molecule has 3 amide bonds. The molecule has 122 valence electrons. The van der Waals surface area contributed by atoms with Gasteiger partial charge in [0.2, 0.25) is 11.1 Å². The lowest BCUT2D eigenvalue weighted by atomic mass is 9.96. The number of primary amides is 1. The number of imide groups is 1. The second-order valence-corrected chi connectivity index (χ2v) is 6.94. The van der Waals surface area contributed by atoms with Crippen LogP contribution in [0.5, 0.6) is 0 Å². The zero-order chi connectivity index (χ0) is 16.1. The first kappa shape index (κ1) is 16.7. The Morgan fingerprint density at radius 2 is 2.00 bits per heavy atom. The maximum absolute atomic E-state index is 12.1.